The molecule has 0 spiro atoms. The van der Waals surface area contributed by atoms with Crippen molar-refractivity contribution in [3.8, 4) is 0 Å². The van der Waals surface area contributed by atoms with Crippen molar-refractivity contribution < 1.29 is 4.74 Å². The zero-order valence-corrected chi connectivity index (χ0v) is 7.36. The number of thioether (sulfide) groups is 1. The van der Waals surface area contributed by atoms with Crippen LogP contribution in [0.5, 0.6) is 0 Å². The second kappa shape index (κ2) is 3.91. The van der Waals surface area contributed by atoms with Crippen molar-refractivity contribution in [2.45, 2.75) is 25.7 Å². The van der Waals surface area contributed by atoms with Gasteiger partial charge in [0.15, 0.2) is 0 Å². The zero-order valence-electron chi connectivity index (χ0n) is 6.54. The molecule has 1 nitrogen and oxygen atoms in total. The smallest absolute Gasteiger partial charge is 0.149 e. The molecule has 2 heteroatoms. The topological polar surface area (TPSA) is 9.23 Å². The van der Waals surface area contributed by atoms with Crippen LogP contribution in [0.25, 0.3) is 0 Å². The quantitative estimate of drug-likeness (QED) is 0.624. The summed E-state index contributed by atoms with van der Waals surface area (Å²) in [5.41, 5.74) is 0.389. The minimum absolute atomic E-state index is 0.389. The molecule has 0 saturated heterocycles. The van der Waals surface area contributed by atoms with Crippen molar-refractivity contribution in [2.75, 3.05) is 5.75 Å². The molecule has 0 radical (unpaired) electrons. The van der Waals surface area contributed by atoms with Crippen LogP contribution in [0.3, 0.4) is 0 Å². The first kappa shape index (κ1) is 7.99. The van der Waals surface area contributed by atoms with Crippen LogP contribution in [-0.4, -0.2) is 11.2 Å². The normalized spacial score (nSPS) is 30.6. The van der Waals surface area contributed by atoms with E-state index in [1.165, 1.54) is 12.2 Å². The lowest BCUT2D eigenvalue weighted by Crippen LogP contribution is -2.08. The van der Waals surface area contributed by atoms with E-state index in [2.05, 4.69) is 19.9 Å². The van der Waals surface area contributed by atoms with Gasteiger partial charge in [-0.05, 0) is 18.2 Å². The van der Waals surface area contributed by atoms with Gasteiger partial charge in [-0.25, -0.2) is 0 Å². The predicted molar refractivity (Wildman–Crippen MR) is 45.9 cm³/mol. The van der Waals surface area contributed by atoms with Crippen LogP contribution in [0.2, 0.25) is 0 Å². The molecule has 1 aliphatic heterocycles. The van der Waals surface area contributed by atoms with E-state index in [0.29, 0.717) is 11.4 Å². The van der Waals surface area contributed by atoms with Crippen LogP contribution in [0.4, 0.5) is 0 Å². The van der Waals surface area contributed by atoms with Crippen LogP contribution in [0.1, 0.15) is 20.3 Å². The molecule has 1 rings (SSSR count). The van der Waals surface area contributed by atoms with Gasteiger partial charge < -0.3 is 4.74 Å². The van der Waals surface area contributed by atoms with Gasteiger partial charge in [-0.2, -0.15) is 0 Å². The fraction of sp³-hybridized carbons (Fsp3) is 0.750. The predicted octanol–water partition coefficient (Wildman–Crippen LogP) is 2.64. The van der Waals surface area contributed by atoms with Crippen molar-refractivity contribution in [3.05, 3.63) is 12.3 Å². The average molecular weight is 158 g/mol. The molecule has 10 heavy (non-hydrogen) atoms. The monoisotopic (exact) mass is 158 g/mol. The molecule has 0 bridgehead atoms. The molecule has 2 unspecified atom stereocenters. The highest BCUT2D eigenvalue weighted by molar-refractivity contribution is 7.99. The maximum absolute atomic E-state index is 5.35. The minimum Gasteiger partial charge on any atom is -0.487 e. The number of hydrogen-bond donors (Lipinski definition) is 0. The Morgan fingerprint density at radius 1 is 1.60 bits per heavy atom. The van der Waals surface area contributed by atoms with E-state index in [4.69, 9.17) is 4.74 Å². The van der Waals surface area contributed by atoms with Gasteiger partial charge in [-0.15, -0.1) is 11.8 Å². The Hall–Kier alpha value is -0.110. The lowest BCUT2D eigenvalue weighted by atomic mass is 10.2. The summed E-state index contributed by atoms with van der Waals surface area (Å²) in [6.07, 6.45) is 5.17. The Balaban J connectivity index is 2.17. The van der Waals surface area contributed by atoms with E-state index in [-0.39, 0.29) is 0 Å². The first-order valence-corrected chi connectivity index (χ1v) is 4.83. The fourth-order valence-corrected chi connectivity index (χ4v) is 1.89. The molecular formula is C8H14OS. The third kappa shape index (κ3) is 1.94. The Morgan fingerprint density at radius 2 is 2.40 bits per heavy atom. The summed E-state index contributed by atoms with van der Waals surface area (Å²) in [6.45, 7) is 4.39. The highest BCUT2D eigenvalue weighted by Gasteiger charge is 2.19. The highest BCUT2D eigenvalue weighted by atomic mass is 32.2. The first-order valence-electron chi connectivity index (χ1n) is 3.78. The van der Waals surface area contributed by atoms with Crippen molar-refractivity contribution in [1.29, 1.82) is 0 Å². The molecule has 0 aliphatic carbocycles. The number of rotatable bonds is 3. The summed E-state index contributed by atoms with van der Waals surface area (Å²) in [5, 5.41) is 0. The summed E-state index contributed by atoms with van der Waals surface area (Å²) >= 11 is 1.91. The summed E-state index contributed by atoms with van der Waals surface area (Å²) in [6, 6.07) is 0. The minimum atomic E-state index is 0.389. The molecule has 0 aromatic rings. The summed E-state index contributed by atoms with van der Waals surface area (Å²) < 4.78 is 5.35. The molecule has 0 aromatic heterocycles. The van der Waals surface area contributed by atoms with Crippen LogP contribution in [-0.2, 0) is 4.74 Å². The maximum atomic E-state index is 5.35. The van der Waals surface area contributed by atoms with E-state index >= 15 is 0 Å². The number of ether oxygens (including phenoxy) is 1. The molecule has 0 fully saturated rings. The van der Waals surface area contributed by atoms with Crippen molar-refractivity contribution in [3.63, 3.8) is 0 Å². The van der Waals surface area contributed by atoms with Gasteiger partial charge in [0, 0.05) is 5.92 Å². The lowest BCUT2D eigenvalue weighted by Gasteiger charge is -2.13. The van der Waals surface area contributed by atoms with Crippen LogP contribution in [0.15, 0.2) is 12.3 Å². The van der Waals surface area contributed by atoms with Gasteiger partial charge in [-0.3, -0.25) is 0 Å². The Bertz CT molecular complexity index is 122. The lowest BCUT2D eigenvalue weighted by molar-refractivity contribution is 0.222. The van der Waals surface area contributed by atoms with Crippen molar-refractivity contribution >= 4 is 11.8 Å². The van der Waals surface area contributed by atoms with Crippen molar-refractivity contribution in [2.24, 2.45) is 5.92 Å². The zero-order chi connectivity index (χ0) is 7.40. The molecule has 0 aromatic carbocycles. The number of hydrogen-bond acceptors (Lipinski definition) is 2. The third-order valence-corrected chi connectivity index (χ3v) is 3.02. The fourth-order valence-electron chi connectivity index (χ4n) is 0.886. The van der Waals surface area contributed by atoms with E-state index in [9.17, 15) is 0 Å². The molecule has 0 saturated carbocycles. The molecule has 58 valence electrons. The van der Waals surface area contributed by atoms with Gasteiger partial charge in [0.25, 0.3) is 0 Å². The third-order valence-electron chi connectivity index (χ3n) is 1.51. The standard InChI is InChI=1S/C8H14OS/c1-3-6-10-8-7(2)4-5-9-8/h4-5,7-8H,3,6H2,1-2H3. The molecule has 2 atom stereocenters. The summed E-state index contributed by atoms with van der Waals surface area (Å²) in [4.78, 5) is 0. The first-order chi connectivity index (χ1) is 4.84. The molecular weight excluding hydrogens is 144 g/mol. The molecule has 1 heterocycles. The van der Waals surface area contributed by atoms with E-state index in [0.717, 1.165) is 0 Å². The Kier molecular flexibility index (Phi) is 3.13. The SMILES string of the molecule is CCCSC1OC=CC1C. The second-order valence-electron chi connectivity index (χ2n) is 2.56. The second-order valence-corrected chi connectivity index (χ2v) is 3.77. The van der Waals surface area contributed by atoms with Gasteiger partial charge in [0.2, 0.25) is 0 Å². The molecule has 0 amide bonds. The van der Waals surface area contributed by atoms with Gasteiger partial charge in [0.1, 0.15) is 5.44 Å². The highest BCUT2D eigenvalue weighted by Crippen LogP contribution is 2.27. The molecule has 0 N–H and O–H groups in total. The Labute approximate surface area is 66.8 Å². The van der Waals surface area contributed by atoms with E-state index in [1.807, 2.05) is 18.0 Å². The van der Waals surface area contributed by atoms with Gasteiger partial charge in [0.05, 0.1) is 6.26 Å². The van der Waals surface area contributed by atoms with Gasteiger partial charge >= 0.3 is 0 Å². The summed E-state index contributed by atoms with van der Waals surface area (Å²) in [5.74, 6) is 1.80. The van der Waals surface area contributed by atoms with E-state index < -0.39 is 0 Å². The largest absolute Gasteiger partial charge is 0.487 e. The Morgan fingerprint density at radius 3 is 2.90 bits per heavy atom. The average Bonchev–Trinajstić information content (AvgIpc) is 2.31. The van der Waals surface area contributed by atoms with Crippen LogP contribution < -0.4 is 0 Å². The van der Waals surface area contributed by atoms with Crippen LogP contribution in [0, 0.1) is 5.92 Å². The van der Waals surface area contributed by atoms with E-state index in [1.54, 1.807) is 0 Å². The van der Waals surface area contributed by atoms with Gasteiger partial charge in [-0.1, -0.05) is 13.8 Å². The summed E-state index contributed by atoms with van der Waals surface area (Å²) in [7, 11) is 0. The van der Waals surface area contributed by atoms with Crippen LogP contribution >= 0.6 is 11.8 Å². The molecule has 1 aliphatic rings. The maximum Gasteiger partial charge on any atom is 0.149 e. The van der Waals surface area contributed by atoms with Crippen molar-refractivity contribution in [1.82, 2.24) is 0 Å².